The number of hydrogen-bond donors (Lipinski definition) is 0. The van der Waals surface area contributed by atoms with Crippen LogP contribution in [-0.2, 0) is 16.1 Å². The average molecular weight is 489 g/mol. The van der Waals surface area contributed by atoms with Gasteiger partial charge in [-0.1, -0.05) is 11.6 Å². The number of furan rings is 2. The summed E-state index contributed by atoms with van der Waals surface area (Å²) in [6.45, 7) is -0.161. The highest BCUT2D eigenvalue weighted by atomic mass is 35.5. The Kier molecular flexibility index (Phi) is 6.07. The van der Waals surface area contributed by atoms with Crippen molar-refractivity contribution >= 4 is 52.2 Å². The third kappa shape index (κ3) is 4.54. The Morgan fingerprint density at radius 2 is 2.00 bits per heavy atom. The molecule has 0 bridgehead atoms. The van der Waals surface area contributed by atoms with E-state index in [1.807, 2.05) is 0 Å². The Balaban J connectivity index is 1.53. The number of nitro groups is 1. The van der Waals surface area contributed by atoms with Crippen LogP contribution in [0.15, 0.2) is 56.2 Å². The lowest BCUT2D eigenvalue weighted by Gasteiger charge is -2.09. The number of nitrogens with zero attached hydrogens (tertiary/aromatic N) is 2. The molecule has 33 heavy (non-hydrogen) atoms. The second-order valence-electron chi connectivity index (χ2n) is 6.65. The summed E-state index contributed by atoms with van der Waals surface area (Å²) in [5.74, 6) is -0.526. The highest BCUT2D eigenvalue weighted by Gasteiger charge is 2.36. The Morgan fingerprint density at radius 1 is 1.21 bits per heavy atom. The van der Waals surface area contributed by atoms with Crippen molar-refractivity contribution in [1.29, 1.82) is 0 Å². The fourth-order valence-electron chi connectivity index (χ4n) is 2.99. The average Bonchev–Trinajstić information content (AvgIpc) is 3.51. The molecule has 0 N–H and O–H groups in total. The Morgan fingerprint density at radius 3 is 2.73 bits per heavy atom. The van der Waals surface area contributed by atoms with E-state index in [2.05, 4.69) is 4.74 Å². The third-order valence-electron chi connectivity index (χ3n) is 4.56. The number of esters is 1. The van der Waals surface area contributed by atoms with Crippen molar-refractivity contribution in [2.24, 2.45) is 0 Å². The molecular weight excluding hydrogens is 476 g/mol. The van der Waals surface area contributed by atoms with Crippen LogP contribution in [0.2, 0.25) is 5.02 Å². The predicted octanol–water partition coefficient (Wildman–Crippen LogP) is 5.12. The first-order valence-electron chi connectivity index (χ1n) is 9.23. The van der Waals surface area contributed by atoms with Gasteiger partial charge in [0.1, 0.15) is 17.3 Å². The van der Waals surface area contributed by atoms with Crippen molar-refractivity contribution in [3.63, 3.8) is 0 Å². The smallest absolute Gasteiger partial charge is 0.373 e. The van der Waals surface area contributed by atoms with Crippen LogP contribution in [0.25, 0.3) is 17.4 Å². The summed E-state index contributed by atoms with van der Waals surface area (Å²) in [4.78, 5) is 48.1. The first kappa shape index (κ1) is 22.4. The maximum Gasteiger partial charge on any atom is 0.373 e. The summed E-state index contributed by atoms with van der Waals surface area (Å²) in [7, 11) is 1.21. The van der Waals surface area contributed by atoms with Crippen molar-refractivity contribution in [3.05, 3.63) is 79.8 Å². The molecule has 4 rings (SSSR count). The lowest BCUT2D eigenvalue weighted by molar-refractivity contribution is -0.384. The maximum atomic E-state index is 12.7. The second kappa shape index (κ2) is 8.96. The molecule has 1 aromatic carbocycles. The van der Waals surface area contributed by atoms with Crippen LogP contribution in [0, 0.1) is 10.1 Å². The van der Waals surface area contributed by atoms with Gasteiger partial charge in [0.15, 0.2) is 0 Å². The third-order valence-corrected chi connectivity index (χ3v) is 5.80. The van der Waals surface area contributed by atoms with Gasteiger partial charge in [0.05, 0.1) is 28.5 Å². The van der Waals surface area contributed by atoms with Crippen molar-refractivity contribution in [3.8, 4) is 11.3 Å². The summed E-state index contributed by atoms with van der Waals surface area (Å²) in [5.41, 5.74) is 0.166. The Bertz CT molecular complexity index is 1330. The van der Waals surface area contributed by atoms with Gasteiger partial charge in [-0.3, -0.25) is 24.6 Å². The number of carbonyl (C=O) groups excluding carboxylic acids is 3. The van der Waals surface area contributed by atoms with Gasteiger partial charge in [-0.15, -0.1) is 0 Å². The largest absolute Gasteiger partial charge is 0.463 e. The van der Waals surface area contributed by atoms with E-state index in [4.69, 9.17) is 20.4 Å². The number of thioether (sulfide) groups is 1. The molecule has 0 unspecified atom stereocenters. The normalized spacial score (nSPS) is 14.8. The molecule has 3 aromatic rings. The van der Waals surface area contributed by atoms with Crippen molar-refractivity contribution in [2.45, 2.75) is 6.54 Å². The van der Waals surface area contributed by atoms with E-state index in [-0.39, 0.29) is 45.2 Å². The fourth-order valence-corrected chi connectivity index (χ4v) is 4.01. The van der Waals surface area contributed by atoms with E-state index >= 15 is 0 Å². The van der Waals surface area contributed by atoms with Crippen LogP contribution >= 0.6 is 23.4 Å². The summed E-state index contributed by atoms with van der Waals surface area (Å²) in [6.07, 6.45) is 1.39. The molecule has 0 radical (unpaired) electrons. The number of carbonyl (C=O) groups is 3. The van der Waals surface area contributed by atoms with Gasteiger partial charge in [0, 0.05) is 23.8 Å². The maximum absolute atomic E-state index is 12.7. The number of non-ortho nitro benzene ring substituents is 1. The number of methoxy groups -OCH3 is 1. The van der Waals surface area contributed by atoms with E-state index in [1.54, 1.807) is 12.1 Å². The van der Waals surface area contributed by atoms with Crippen molar-refractivity contribution < 1.29 is 32.9 Å². The Labute approximate surface area is 194 Å². The van der Waals surface area contributed by atoms with Gasteiger partial charge < -0.3 is 13.6 Å². The fraction of sp³-hybridized carbons (Fsp3) is 0.0952. The molecule has 1 fully saturated rings. The zero-order chi connectivity index (χ0) is 23.7. The van der Waals surface area contributed by atoms with Crippen LogP contribution in [0.1, 0.15) is 22.1 Å². The number of benzene rings is 1. The zero-order valence-electron chi connectivity index (χ0n) is 16.8. The van der Waals surface area contributed by atoms with E-state index in [0.717, 1.165) is 16.7 Å². The second-order valence-corrected chi connectivity index (χ2v) is 8.05. The van der Waals surface area contributed by atoms with Crippen molar-refractivity contribution in [1.82, 2.24) is 4.90 Å². The Hall–Kier alpha value is -3.83. The predicted molar refractivity (Wildman–Crippen MR) is 117 cm³/mol. The quantitative estimate of drug-likeness (QED) is 0.200. The van der Waals surface area contributed by atoms with E-state index < -0.39 is 22.0 Å². The number of nitro benzene ring substituents is 1. The molecule has 168 valence electrons. The lowest BCUT2D eigenvalue weighted by atomic mass is 10.1. The minimum Gasteiger partial charge on any atom is -0.463 e. The van der Waals surface area contributed by atoms with Crippen LogP contribution in [0.4, 0.5) is 10.5 Å². The topological polar surface area (TPSA) is 133 Å². The van der Waals surface area contributed by atoms with Gasteiger partial charge in [-0.05, 0) is 42.1 Å². The molecule has 2 amide bonds. The molecule has 12 heteroatoms. The number of ether oxygens (including phenoxy) is 1. The van der Waals surface area contributed by atoms with Gasteiger partial charge in [-0.2, -0.15) is 0 Å². The van der Waals surface area contributed by atoms with E-state index in [0.29, 0.717) is 5.56 Å². The standard InChI is InChI=1S/C21H13ClN2O8S/c1-30-20(26)17-7-4-13(32-17)10-23-19(25)18(33-21(23)27)9-12-3-6-16(31-12)14-8-11(24(28)29)2-5-15(14)22/h2-9H,10H2,1H3/b18-9+. The summed E-state index contributed by atoms with van der Waals surface area (Å²) < 4.78 is 15.5. The number of hydrogen-bond acceptors (Lipinski definition) is 9. The van der Waals surface area contributed by atoms with Crippen LogP contribution in [-0.4, -0.2) is 34.0 Å². The first-order valence-corrected chi connectivity index (χ1v) is 10.4. The highest BCUT2D eigenvalue weighted by molar-refractivity contribution is 8.18. The molecule has 3 heterocycles. The molecule has 2 aromatic heterocycles. The molecule has 0 spiro atoms. The van der Waals surface area contributed by atoms with Gasteiger partial charge in [-0.25, -0.2) is 4.79 Å². The molecule has 0 atom stereocenters. The number of imide groups is 1. The molecule has 0 saturated carbocycles. The molecule has 1 aliphatic heterocycles. The summed E-state index contributed by atoms with van der Waals surface area (Å²) >= 11 is 6.86. The first-order chi connectivity index (χ1) is 15.8. The minimum atomic E-state index is -0.673. The number of amides is 2. The van der Waals surface area contributed by atoms with Gasteiger partial charge in [0.2, 0.25) is 5.76 Å². The SMILES string of the molecule is COC(=O)c1ccc(CN2C(=O)S/C(=C/c3ccc(-c4cc([N+](=O)[O-])ccc4Cl)o3)C2=O)o1. The highest BCUT2D eigenvalue weighted by Crippen LogP contribution is 2.36. The summed E-state index contributed by atoms with van der Waals surface area (Å²) in [6, 6.07) is 9.92. The van der Waals surface area contributed by atoms with Crippen LogP contribution in [0.5, 0.6) is 0 Å². The summed E-state index contributed by atoms with van der Waals surface area (Å²) in [5, 5.41) is 10.8. The number of halogens is 1. The molecule has 0 aliphatic carbocycles. The molecule has 1 saturated heterocycles. The minimum absolute atomic E-state index is 0.0436. The lowest BCUT2D eigenvalue weighted by Crippen LogP contribution is -2.27. The van der Waals surface area contributed by atoms with Gasteiger partial charge in [0.25, 0.3) is 16.8 Å². The number of rotatable bonds is 6. The van der Waals surface area contributed by atoms with Gasteiger partial charge >= 0.3 is 5.97 Å². The van der Waals surface area contributed by atoms with Crippen molar-refractivity contribution in [2.75, 3.05) is 7.11 Å². The van der Waals surface area contributed by atoms with E-state index in [9.17, 15) is 24.5 Å². The molecule has 10 nitrogen and oxygen atoms in total. The van der Waals surface area contributed by atoms with E-state index in [1.165, 1.54) is 43.5 Å². The monoisotopic (exact) mass is 488 g/mol. The zero-order valence-corrected chi connectivity index (χ0v) is 18.3. The molecule has 1 aliphatic rings. The van der Waals surface area contributed by atoms with Crippen LogP contribution in [0.3, 0.4) is 0 Å². The molecular formula is C21H13ClN2O8S. The van der Waals surface area contributed by atoms with Crippen LogP contribution < -0.4 is 0 Å².